The van der Waals surface area contributed by atoms with E-state index in [1.807, 2.05) is 44.2 Å². The number of aliphatic hydroxyl groups is 1. The van der Waals surface area contributed by atoms with Crippen molar-refractivity contribution < 1.29 is 14.6 Å². The molecule has 0 spiro atoms. The molecule has 3 rings (SSSR count). The maximum Gasteiger partial charge on any atom is 0.226 e. The molecule has 5 heteroatoms. The van der Waals surface area contributed by atoms with Gasteiger partial charge in [0.05, 0.1) is 0 Å². The Kier molecular flexibility index (Phi) is 3.24. The number of aliphatic hydroxyl groups excluding tert-OH is 1. The van der Waals surface area contributed by atoms with Crippen LogP contribution >= 0.6 is 0 Å². The molecule has 104 valence electrons. The molecule has 0 aliphatic carbocycles. The molecule has 0 aromatic heterocycles. The molecule has 1 amide bonds. The Morgan fingerprint density at radius 2 is 2.00 bits per heavy atom. The molecular formula is C15H18NO3Rf-. The van der Waals surface area contributed by atoms with Crippen LogP contribution in [0.25, 0.3) is 0 Å². The van der Waals surface area contributed by atoms with Crippen LogP contribution in [0.5, 0.6) is 0 Å². The Morgan fingerprint density at radius 1 is 1.35 bits per heavy atom. The van der Waals surface area contributed by atoms with E-state index in [1.165, 1.54) is 0 Å². The van der Waals surface area contributed by atoms with Gasteiger partial charge in [-0.25, -0.2) is 0 Å². The smallest absolute Gasteiger partial charge is 0.226 e. The van der Waals surface area contributed by atoms with Crippen molar-refractivity contribution in [1.82, 2.24) is 4.90 Å². The molecular weight excluding hydrogens is 509 g/mol. The first kappa shape index (κ1) is 14.0. The molecule has 2 aliphatic rings. The van der Waals surface area contributed by atoms with Gasteiger partial charge < -0.3 is 14.7 Å². The van der Waals surface area contributed by atoms with Crippen molar-refractivity contribution in [2.45, 2.75) is 25.6 Å². The molecule has 0 saturated carbocycles. The van der Waals surface area contributed by atoms with Gasteiger partial charge in [-0.1, -0.05) is 44.2 Å². The van der Waals surface area contributed by atoms with Gasteiger partial charge in [-0.2, -0.15) is 6.61 Å². The molecule has 20 heavy (non-hydrogen) atoms. The van der Waals surface area contributed by atoms with E-state index in [1.54, 1.807) is 4.90 Å². The van der Waals surface area contributed by atoms with Crippen LogP contribution in [0, 0.1) is 18.4 Å². The summed E-state index contributed by atoms with van der Waals surface area (Å²) in [5, 5.41) is 9.70. The summed E-state index contributed by atoms with van der Waals surface area (Å²) in [6.45, 7) is 5.40. The van der Waals surface area contributed by atoms with E-state index in [2.05, 4.69) is 0 Å². The molecule has 4 nitrogen and oxygen atoms in total. The van der Waals surface area contributed by atoms with Crippen molar-refractivity contribution in [1.29, 1.82) is 0 Å². The van der Waals surface area contributed by atoms with Crippen LogP contribution in [-0.2, 0) is 9.53 Å². The monoisotopic (exact) mass is 527 g/mol. The van der Waals surface area contributed by atoms with E-state index in [4.69, 9.17) is 4.74 Å². The van der Waals surface area contributed by atoms with Crippen LogP contribution in [-0.4, -0.2) is 28.1 Å². The number of ether oxygens (including phenoxy) is 1. The summed E-state index contributed by atoms with van der Waals surface area (Å²) in [7, 11) is 0. The fraction of sp³-hybridized carbons (Fsp3) is 0.467. The summed E-state index contributed by atoms with van der Waals surface area (Å²) in [6, 6.07) is 9.67. The first-order valence-electron chi connectivity index (χ1n) is 6.60. The van der Waals surface area contributed by atoms with Crippen LogP contribution in [0.4, 0.5) is 0 Å². The van der Waals surface area contributed by atoms with E-state index in [0.717, 1.165) is 12.2 Å². The minimum atomic E-state index is -0.684. The molecule has 2 saturated heterocycles. The standard InChI is InChI=1S/C15H18NO3.Rf/c1-10-11(2)15(8-17)9-19-14(16(15)13(10)18)12-6-4-3-5-7-12;/h3-8,10-11,14,17H,9H2,1-2H3;/q-1;/t10?,11-,14?,15-;/m0./s1. The average molecular weight is 527 g/mol. The van der Waals surface area contributed by atoms with Gasteiger partial charge in [0.25, 0.3) is 0 Å². The first-order valence-corrected chi connectivity index (χ1v) is 6.60. The number of carbonyl (C=O) groups is 1. The van der Waals surface area contributed by atoms with Gasteiger partial charge in [-0.3, -0.25) is 4.79 Å². The molecule has 2 heterocycles. The molecule has 1 N–H and O–H groups in total. The van der Waals surface area contributed by atoms with Crippen molar-refractivity contribution in [3.63, 3.8) is 0 Å². The maximum absolute atomic E-state index is 12.5. The number of hydrogen-bond acceptors (Lipinski definition) is 3. The van der Waals surface area contributed by atoms with Gasteiger partial charge >= 0.3 is 0 Å². The van der Waals surface area contributed by atoms with Crippen molar-refractivity contribution in [2.75, 3.05) is 6.61 Å². The quantitative estimate of drug-likeness (QED) is 0.600. The fourth-order valence-corrected chi connectivity index (χ4v) is 3.19. The second-order valence-corrected chi connectivity index (χ2v) is 5.48. The topological polar surface area (TPSA) is 49.8 Å². The molecule has 4 atom stereocenters. The first-order chi connectivity index (χ1) is 9.12. The number of rotatable bonds is 2. The third-order valence-electron chi connectivity index (χ3n) is 4.63. The van der Waals surface area contributed by atoms with Crippen LogP contribution < -0.4 is 0 Å². The van der Waals surface area contributed by atoms with Crippen molar-refractivity contribution in [2.24, 2.45) is 11.8 Å². The predicted octanol–water partition coefficient (Wildman–Crippen LogP) is 2.10. The van der Waals surface area contributed by atoms with Gasteiger partial charge in [0.2, 0.25) is 5.91 Å². The number of hydrogen-bond donors (Lipinski definition) is 1. The molecule has 2 fully saturated rings. The van der Waals surface area contributed by atoms with Gasteiger partial charge in [-0.15, -0.1) is 0 Å². The predicted molar refractivity (Wildman–Crippen MR) is 69.3 cm³/mol. The molecule has 0 radical (unpaired) electrons. The largest absolute Gasteiger partial charge is 0.564 e. The molecule has 1 aromatic rings. The SMILES string of the molecule is CC1C(=O)N2C(c3ccccc3)OC[C@@]2([CH-]O)[C@H]1C.[Rf]. The summed E-state index contributed by atoms with van der Waals surface area (Å²) in [4.78, 5) is 14.2. The van der Waals surface area contributed by atoms with Crippen LogP contribution in [0.1, 0.15) is 25.6 Å². The zero-order valence-electron chi connectivity index (χ0n) is 11.8. The Hall–Kier alpha value is -2.39. The third kappa shape index (κ3) is 1.53. The summed E-state index contributed by atoms with van der Waals surface area (Å²) in [5.74, 6) is -0.0126. The fourth-order valence-electron chi connectivity index (χ4n) is 3.19. The number of benzene rings is 1. The summed E-state index contributed by atoms with van der Waals surface area (Å²) in [5.41, 5.74) is 0.262. The van der Waals surface area contributed by atoms with Gasteiger partial charge in [0.15, 0.2) is 6.23 Å². The zero-order chi connectivity index (χ0) is 13.6. The van der Waals surface area contributed by atoms with E-state index >= 15 is 0 Å². The Balaban J connectivity index is 0.00000147. The minimum Gasteiger partial charge on any atom is -0.564 e. The second-order valence-electron chi connectivity index (χ2n) is 5.48. The molecule has 1 aromatic carbocycles. The molecule has 2 unspecified atom stereocenters. The molecule has 0 bridgehead atoms. The van der Waals surface area contributed by atoms with Gasteiger partial charge in [-0.05, 0) is 11.5 Å². The molecule has 2 aliphatic heterocycles. The summed E-state index contributed by atoms with van der Waals surface area (Å²) in [6.07, 6.45) is -0.399. The van der Waals surface area contributed by atoms with E-state index in [9.17, 15) is 9.90 Å². The second kappa shape index (κ2) is 4.62. The van der Waals surface area contributed by atoms with E-state index in [-0.39, 0.29) is 17.7 Å². The van der Waals surface area contributed by atoms with Crippen LogP contribution in [0.3, 0.4) is 0 Å². The Bertz CT molecular complexity index is 495. The Labute approximate surface area is 113 Å². The number of amides is 1. The Morgan fingerprint density at radius 3 is 2.60 bits per heavy atom. The van der Waals surface area contributed by atoms with Crippen molar-refractivity contribution >= 4 is 5.91 Å². The number of carbonyl (C=O) groups excluding carboxylic acids is 1. The van der Waals surface area contributed by atoms with Crippen LogP contribution in [0.2, 0.25) is 0 Å². The minimum absolute atomic E-state index is 0. The zero-order valence-corrected chi connectivity index (χ0v) is 18.2. The van der Waals surface area contributed by atoms with E-state index < -0.39 is 11.8 Å². The van der Waals surface area contributed by atoms with Gasteiger partial charge in [0, 0.05) is 18.1 Å². The normalized spacial score (nSPS) is 35.9. The van der Waals surface area contributed by atoms with Crippen molar-refractivity contribution in [3.05, 3.63) is 42.5 Å². The van der Waals surface area contributed by atoms with Crippen LogP contribution in [0.15, 0.2) is 30.3 Å². The number of fused-ring (bicyclic) bond motifs is 1. The van der Waals surface area contributed by atoms with Gasteiger partial charge in [0.1, 0.15) is 0 Å². The average Bonchev–Trinajstić information content (AvgIpc) is 2.93. The summed E-state index contributed by atoms with van der Waals surface area (Å²) >= 11 is 0. The third-order valence-corrected chi connectivity index (χ3v) is 4.63. The van der Waals surface area contributed by atoms with Crippen molar-refractivity contribution in [3.8, 4) is 0 Å². The number of nitrogens with zero attached hydrogens (tertiary/aromatic N) is 1. The van der Waals surface area contributed by atoms with E-state index in [0.29, 0.717) is 6.61 Å². The maximum atomic E-state index is 12.5. The summed E-state index contributed by atoms with van der Waals surface area (Å²) < 4.78 is 5.80.